The zero-order chi connectivity index (χ0) is 15.9. The van der Waals surface area contributed by atoms with E-state index in [2.05, 4.69) is 10.4 Å². The van der Waals surface area contributed by atoms with Gasteiger partial charge in [-0.1, -0.05) is 6.92 Å². The minimum atomic E-state index is -0.413. The summed E-state index contributed by atoms with van der Waals surface area (Å²) in [4.78, 5) is 23.8. The first-order chi connectivity index (χ1) is 10.6. The summed E-state index contributed by atoms with van der Waals surface area (Å²) in [7, 11) is 0. The fraction of sp³-hybridized carbons (Fsp3) is 0.312. The standard InChI is InChI=1S/C16H19N3O3/c1-3-11-22-16(21)13-5-7-14(8-6-13)18-15(20)12(2)19-10-4-9-17-19/h4-10,12H,3,11H2,1-2H3,(H,18,20). The van der Waals surface area contributed by atoms with E-state index in [1.165, 1.54) is 0 Å². The fourth-order valence-electron chi connectivity index (χ4n) is 1.84. The lowest BCUT2D eigenvalue weighted by Gasteiger charge is -2.12. The number of carbonyl (C=O) groups is 2. The van der Waals surface area contributed by atoms with Gasteiger partial charge in [0.05, 0.1) is 12.2 Å². The Labute approximate surface area is 129 Å². The Morgan fingerprint density at radius 1 is 1.32 bits per heavy atom. The van der Waals surface area contributed by atoms with Crippen LogP contribution in [0.1, 0.15) is 36.7 Å². The fourth-order valence-corrected chi connectivity index (χ4v) is 1.84. The average molecular weight is 301 g/mol. The highest BCUT2D eigenvalue weighted by Crippen LogP contribution is 2.13. The molecule has 0 radical (unpaired) electrons. The number of benzene rings is 1. The lowest BCUT2D eigenvalue weighted by atomic mass is 10.2. The molecule has 0 saturated carbocycles. The summed E-state index contributed by atoms with van der Waals surface area (Å²) in [5, 5.41) is 6.83. The van der Waals surface area contributed by atoms with Crippen molar-refractivity contribution < 1.29 is 14.3 Å². The Balaban J connectivity index is 1.96. The Bertz CT molecular complexity index is 621. The van der Waals surface area contributed by atoms with E-state index in [1.54, 1.807) is 54.3 Å². The van der Waals surface area contributed by atoms with Gasteiger partial charge in [0.25, 0.3) is 0 Å². The molecule has 0 fully saturated rings. The number of esters is 1. The topological polar surface area (TPSA) is 73.2 Å². The van der Waals surface area contributed by atoms with Gasteiger partial charge < -0.3 is 10.1 Å². The van der Waals surface area contributed by atoms with Crippen LogP contribution in [0.4, 0.5) is 5.69 Å². The molecule has 1 aromatic carbocycles. The summed E-state index contributed by atoms with van der Waals surface area (Å²) in [6.45, 7) is 4.10. The van der Waals surface area contributed by atoms with Gasteiger partial charge in [-0.15, -0.1) is 0 Å². The van der Waals surface area contributed by atoms with E-state index in [-0.39, 0.29) is 11.9 Å². The molecule has 1 unspecified atom stereocenters. The largest absolute Gasteiger partial charge is 0.462 e. The molecule has 6 nitrogen and oxygen atoms in total. The van der Waals surface area contributed by atoms with Crippen molar-refractivity contribution in [2.45, 2.75) is 26.3 Å². The Hall–Kier alpha value is -2.63. The molecular weight excluding hydrogens is 282 g/mol. The minimum absolute atomic E-state index is 0.176. The Morgan fingerprint density at radius 3 is 2.64 bits per heavy atom. The van der Waals surface area contributed by atoms with Gasteiger partial charge in [0.15, 0.2) is 0 Å². The van der Waals surface area contributed by atoms with Crippen LogP contribution < -0.4 is 5.32 Å². The maximum Gasteiger partial charge on any atom is 0.338 e. The second-order valence-corrected chi connectivity index (χ2v) is 4.86. The molecule has 0 aliphatic carbocycles. The van der Waals surface area contributed by atoms with Gasteiger partial charge in [-0.2, -0.15) is 5.10 Å². The quantitative estimate of drug-likeness (QED) is 0.832. The highest BCUT2D eigenvalue weighted by atomic mass is 16.5. The first kappa shape index (κ1) is 15.8. The van der Waals surface area contributed by atoms with Crippen molar-refractivity contribution in [3.8, 4) is 0 Å². The van der Waals surface area contributed by atoms with E-state index in [0.717, 1.165) is 6.42 Å². The van der Waals surface area contributed by atoms with E-state index >= 15 is 0 Å². The molecule has 0 spiro atoms. The average Bonchev–Trinajstić information content (AvgIpc) is 3.06. The van der Waals surface area contributed by atoms with Crippen LogP contribution in [0.5, 0.6) is 0 Å². The molecule has 2 rings (SSSR count). The van der Waals surface area contributed by atoms with Crippen molar-refractivity contribution in [3.05, 3.63) is 48.3 Å². The third-order valence-corrected chi connectivity index (χ3v) is 3.13. The van der Waals surface area contributed by atoms with Crippen LogP contribution in [0.2, 0.25) is 0 Å². The molecule has 0 aliphatic heterocycles. The van der Waals surface area contributed by atoms with Crippen LogP contribution in [0.3, 0.4) is 0 Å². The Kier molecular flexibility index (Phi) is 5.30. The second kappa shape index (κ2) is 7.40. The molecule has 116 valence electrons. The Morgan fingerprint density at radius 2 is 2.05 bits per heavy atom. The number of nitrogens with zero attached hydrogens (tertiary/aromatic N) is 2. The number of hydrogen-bond donors (Lipinski definition) is 1. The number of nitrogens with one attached hydrogen (secondary N) is 1. The third-order valence-electron chi connectivity index (χ3n) is 3.13. The lowest BCUT2D eigenvalue weighted by Crippen LogP contribution is -2.24. The summed E-state index contributed by atoms with van der Waals surface area (Å²) >= 11 is 0. The SMILES string of the molecule is CCCOC(=O)c1ccc(NC(=O)C(C)n2cccn2)cc1. The van der Waals surface area contributed by atoms with Crippen molar-refractivity contribution >= 4 is 17.6 Å². The number of carbonyl (C=O) groups excluding carboxylic acids is 2. The highest BCUT2D eigenvalue weighted by Gasteiger charge is 2.15. The van der Waals surface area contributed by atoms with Gasteiger partial charge in [-0.3, -0.25) is 9.48 Å². The van der Waals surface area contributed by atoms with E-state index in [9.17, 15) is 9.59 Å². The van der Waals surface area contributed by atoms with E-state index in [1.807, 2.05) is 6.92 Å². The molecule has 0 bridgehead atoms. The summed E-state index contributed by atoms with van der Waals surface area (Å²) in [6, 6.07) is 7.97. The first-order valence-corrected chi connectivity index (χ1v) is 7.19. The van der Waals surface area contributed by atoms with E-state index in [4.69, 9.17) is 4.74 Å². The van der Waals surface area contributed by atoms with Crippen LogP contribution in [-0.2, 0) is 9.53 Å². The van der Waals surface area contributed by atoms with Crippen molar-refractivity contribution in [2.75, 3.05) is 11.9 Å². The van der Waals surface area contributed by atoms with E-state index < -0.39 is 6.04 Å². The normalized spacial score (nSPS) is 11.7. The van der Waals surface area contributed by atoms with Gasteiger partial charge in [0, 0.05) is 18.1 Å². The zero-order valence-electron chi connectivity index (χ0n) is 12.7. The maximum atomic E-state index is 12.1. The number of anilines is 1. The minimum Gasteiger partial charge on any atom is -0.462 e. The summed E-state index contributed by atoms with van der Waals surface area (Å²) < 4.78 is 6.62. The maximum absolute atomic E-state index is 12.1. The molecule has 22 heavy (non-hydrogen) atoms. The molecule has 0 saturated heterocycles. The first-order valence-electron chi connectivity index (χ1n) is 7.19. The van der Waals surface area contributed by atoms with Crippen LogP contribution in [0, 0.1) is 0 Å². The van der Waals surface area contributed by atoms with Gasteiger partial charge in [0.1, 0.15) is 6.04 Å². The third kappa shape index (κ3) is 3.94. The number of ether oxygens (including phenoxy) is 1. The van der Waals surface area contributed by atoms with E-state index in [0.29, 0.717) is 17.9 Å². The van der Waals surface area contributed by atoms with Crippen molar-refractivity contribution in [2.24, 2.45) is 0 Å². The lowest BCUT2D eigenvalue weighted by molar-refractivity contribution is -0.119. The number of amides is 1. The van der Waals surface area contributed by atoms with Crippen LogP contribution in [-0.4, -0.2) is 28.3 Å². The molecule has 1 heterocycles. The van der Waals surface area contributed by atoms with Crippen molar-refractivity contribution in [1.29, 1.82) is 0 Å². The van der Waals surface area contributed by atoms with Crippen LogP contribution in [0.15, 0.2) is 42.7 Å². The molecule has 1 aromatic heterocycles. The zero-order valence-corrected chi connectivity index (χ0v) is 12.7. The van der Waals surface area contributed by atoms with Gasteiger partial charge in [0.2, 0.25) is 5.91 Å². The molecule has 0 aliphatic rings. The summed E-state index contributed by atoms with van der Waals surface area (Å²) in [5.74, 6) is -0.533. The molecule has 1 N–H and O–H groups in total. The second-order valence-electron chi connectivity index (χ2n) is 4.86. The van der Waals surface area contributed by atoms with Crippen LogP contribution >= 0.6 is 0 Å². The number of aromatic nitrogens is 2. The number of hydrogen-bond acceptors (Lipinski definition) is 4. The summed E-state index contributed by atoms with van der Waals surface area (Å²) in [6.07, 6.45) is 4.14. The predicted octanol–water partition coefficient (Wildman–Crippen LogP) is 2.65. The summed E-state index contributed by atoms with van der Waals surface area (Å²) in [5.41, 5.74) is 1.09. The van der Waals surface area contributed by atoms with Gasteiger partial charge >= 0.3 is 5.97 Å². The van der Waals surface area contributed by atoms with Gasteiger partial charge in [-0.05, 0) is 43.7 Å². The molecule has 1 atom stereocenters. The monoisotopic (exact) mass is 301 g/mol. The molecule has 1 amide bonds. The molecule has 6 heteroatoms. The van der Waals surface area contributed by atoms with Crippen LogP contribution in [0.25, 0.3) is 0 Å². The molecule has 2 aromatic rings. The smallest absolute Gasteiger partial charge is 0.338 e. The number of rotatable bonds is 6. The van der Waals surface area contributed by atoms with Crippen molar-refractivity contribution in [1.82, 2.24) is 9.78 Å². The predicted molar refractivity (Wildman–Crippen MR) is 82.6 cm³/mol. The van der Waals surface area contributed by atoms with Gasteiger partial charge in [-0.25, -0.2) is 4.79 Å². The molecular formula is C16H19N3O3. The van der Waals surface area contributed by atoms with Crippen molar-refractivity contribution in [3.63, 3.8) is 0 Å². The highest BCUT2D eigenvalue weighted by molar-refractivity contribution is 5.94.